The van der Waals surface area contributed by atoms with Crippen LogP contribution in [0.5, 0.6) is 0 Å². The highest BCUT2D eigenvalue weighted by atomic mass is 16.4. The molecule has 0 fully saturated rings. The van der Waals surface area contributed by atoms with Crippen molar-refractivity contribution in [3.8, 4) is 0 Å². The molecule has 0 spiro atoms. The Labute approximate surface area is 91.1 Å². The summed E-state index contributed by atoms with van der Waals surface area (Å²) < 4.78 is 0. The van der Waals surface area contributed by atoms with E-state index in [2.05, 4.69) is 0 Å². The fraction of sp³-hybridized carbons (Fsp3) is 0.750. The summed E-state index contributed by atoms with van der Waals surface area (Å²) in [6.07, 6.45) is -5.49. The summed E-state index contributed by atoms with van der Waals surface area (Å²) in [5.74, 6) is -2.27. The zero-order valence-corrected chi connectivity index (χ0v) is 8.57. The van der Waals surface area contributed by atoms with Gasteiger partial charge in [-0.1, -0.05) is 0 Å². The summed E-state index contributed by atoms with van der Waals surface area (Å²) >= 11 is 0. The molecule has 1 amide bonds. The van der Waals surface area contributed by atoms with Crippen molar-refractivity contribution < 1.29 is 35.1 Å². The van der Waals surface area contributed by atoms with E-state index in [1.807, 2.05) is 5.32 Å². The van der Waals surface area contributed by atoms with Crippen molar-refractivity contribution in [1.82, 2.24) is 5.32 Å². The van der Waals surface area contributed by atoms with Crippen LogP contribution in [0.3, 0.4) is 0 Å². The van der Waals surface area contributed by atoms with E-state index < -0.39 is 42.8 Å². The van der Waals surface area contributed by atoms with Gasteiger partial charge in [0, 0.05) is 6.92 Å². The molecule has 0 aromatic heterocycles. The number of hydrogen-bond acceptors (Lipinski definition) is 6. The van der Waals surface area contributed by atoms with E-state index in [4.69, 9.17) is 15.3 Å². The van der Waals surface area contributed by atoms with Crippen LogP contribution >= 0.6 is 0 Å². The lowest BCUT2D eigenvalue weighted by atomic mass is 10.0. The molecule has 8 heteroatoms. The van der Waals surface area contributed by atoms with Gasteiger partial charge in [0.05, 0.1) is 6.61 Å². The predicted octanol–water partition coefficient (Wildman–Crippen LogP) is -3.35. The zero-order chi connectivity index (χ0) is 12.9. The molecular weight excluding hydrogens is 222 g/mol. The lowest BCUT2D eigenvalue weighted by Gasteiger charge is -2.26. The van der Waals surface area contributed by atoms with Gasteiger partial charge in [0.25, 0.3) is 0 Å². The van der Waals surface area contributed by atoms with E-state index in [9.17, 15) is 19.8 Å². The fourth-order valence-electron chi connectivity index (χ4n) is 1.04. The van der Waals surface area contributed by atoms with Crippen molar-refractivity contribution in [3.63, 3.8) is 0 Å². The van der Waals surface area contributed by atoms with Crippen LogP contribution in [0, 0.1) is 0 Å². The van der Waals surface area contributed by atoms with Crippen LogP contribution in [0.15, 0.2) is 0 Å². The first-order valence-corrected chi connectivity index (χ1v) is 4.46. The Morgan fingerprint density at radius 2 is 1.69 bits per heavy atom. The molecule has 6 N–H and O–H groups in total. The molecule has 0 aliphatic heterocycles. The number of nitrogens with one attached hydrogen (secondary N) is 1. The molecule has 0 radical (unpaired) electrons. The van der Waals surface area contributed by atoms with Gasteiger partial charge in [0.15, 0.2) is 6.04 Å². The first-order valence-electron chi connectivity index (χ1n) is 4.46. The number of aliphatic carboxylic acids is 1. The molecule has 0 bridgehead atoms. The smallest absolute Gasteiger partial charge is 0.329 e. The van der Waals surface area contributed by atoms with Gasteiger partial charge in [-0.3, -0.25) is 4.79 Å². The lowest BCUT2D eigenvalue weighted by Crippen LogP contribution is -2.55. The Morgan fingerprint density at radius 3 is 2.00 bits per heavy atom. The average Bonchev–Trinajstić information content (AvgIpc) is 2.22. The van der Waals surface area contributed by atoms with Crippen LogP contribution in [-0.2, 0) is 9.59 Å². The summed E-state index contributed by atoms with van der Waals surface area (Å²) in [7, 11) is 0. The molecule has 4 atom stereocenters. The van der Waals surface area contributed by atoms with Crippen LogP contribution in [-0.4, -0.2) is 68.4 Å². The van der Waals surface area contributed by atoms with Gasteiger partial charge >= 0.3 is 5.97 Å². The second-order valence-electron chi connectivity index (χ2n) is 3.25. The Morgan fingerprint density at radius 1 is 1.19 bits per heavy atom. The maximum atomic E-state index is 10.7. The summed E-state index contributed by atoms with van der Waals surface area (Å²) in [6.45, 7) is 0.197. The third kappa shape index (κ3) is 4.11. The first-order chi connectivity index (χ1) is 7.31. The molecule has 8 nitrogen and oxygen atoms in total. The maximum absolute atomic E-state index is 10.7. The molecule has 0 rings (SSSR count). The number of carbonyl (C=O) groups is 2. The summed E-state index contributed by atoms with van der Waals surface area (Å²) in [4.78, 5) is 21.3. The van der Waals surface area contributed by atoms with E-state index in [0.717, 1.165) is 6.92 Å². The van der Waals surface area contributed by atoms with Crippen molar-refractivity contribution in [3.05, 3.63) is 0 Å². The van der Waals surface area contributed by atoms with Gasteiger partial charge in [-0.15, -0.1) is 0 Å². The highest BCUT2D eigenvalue weighted by Crippen LogP contribution is 2.05. The number of carbonyl (C=O) groups excluding carboxylic acids is 1. The summed E-state index contributed by atoms with van der Waals surface area (Å²) in [6, 6.07) is -1.76. The Balaban J connectivity index is 4.66. The van der Waals surface area contributed by atoms with Crippen molar-refractivity contribution in [2.75, 3.05) is 6.61 Å². The number of carboxylic acids is 1. The standard InChI is InChI=1S/C8H15NO7/c1-3(11)9-5(8(15)16)7(14)6(13)4(12)2-10/h4-7,10,12-14H,2H2,1H3,(H,9,11)(H,15,16)/t4-,5?,6-,7-/m1/s1. The average molecular weight is 237 g/mol. The Bertz CT molecular complexity index is 257. The van der Waals surface area contributed by atoms with Gasteiger partial charge < -0.3 is 30.8 Å². The van der Waals surface area contributed by atoms with E-state index in [-0.39, 0.29) is 0 Å². The molecule has 0 aliphatic rings. The van der Waals surface area contributed by atoms with Crippen LogP contribution in [0.25, 0.3) is 0 Å². The number of aliphatic hydroxyl groups is 4. The largest absolute Gasteiger partial charge is 0.480 e. The molecule has 0 saturated carbocycles. The predicted molar refractivity (Wildman–Crippen MR) is 50.3 cm³/mol. The first kappa shape index (κ1) is 14.8. The third-order valence-corrected chi connectivity index (χ3v) is 1.90. The second-order valence-corrected chi connectivity index (χ2v) is 3.25. The van der Waals surface area contributed by atoms with Gasteiger partial charge in [-0.05, 0) is 0 Å². The number of carboxylic acid groups (broad SMARTS) is 1. The highest BCUT2D eigenvalue weighted by molar-refractivity contribution is 5.82. The molecule has 1 unspecified atom stereocenters. The van der Waals surface area contributed by atoms with Gasteiger partial charge in [0.2, 0.25) is 5.91 Å². The molecule has 0 aromatic rings. The van der Waals surface area contributed by atoms with E-state index in [0.29, 0.717) is 0 Å². The minimum Gasteiger partial charge on any atom is -0.480 e. The Kier molecular flexibility index (Phi) is 5.89. The van der Waals surface area contributed by atoms with Crippen molar-refractivity contribution >= 4 is 11.9 Å². The summed E-state index contributed by atoms with van der Waals surface area (Å²) in [5.41, 5.74) is 0. The van der Waals surface area contributed by atoms with Crippen LogP contribution in [0.2, 0.25) is 0 Å². The number of hydrogen-bond donors (Lipinski definition) is 6. The Hall–Kier alpha value is -1.22. The molecule has 0 heterocycles. The van der Waals surface area contributed by atoms with Gasteiger partial charge in [-0.25, -0.2) is 4.79 Å². The number of rotatable bonds is 6. The van der Waals surface area contributed by atoms with E-state index in [1.165, 1.54) is 0 Å². The minimum atomic E-state index is -1.93. The minimum absolute atomic E-state index is 0.711. The van der Waals surface area contributed by atoms with Crippen molar-refractivity contribution in [2.45, 2.75) is 31.3 Å². The topological polar surface area (TPSA) is 147 Å². The molecular formula is C8H15NO7. The number of aliphatic hydroxyl groups excluding tert-OH is 4. The van der Waals surface area contributed by atoms with Crippen LogP contribution in [0.4, 0.5) is 0 Å². The molecule has 16 heavy (non-hydrogen) atoms. The lowest BCUT2D eigenvalue weighted by molar-refractivity contribution is -0.151. The second kappa shape index (κ2) is 6.38. The van der Waals surface area contributed by atoms with Crippen LogP contribution in [0.1, 0.15) is 6.92 Å². The van der Waals surface area contributed by atoms with Crippen LogP contribution < -0.4 is 5.32 Å². The fourth-order valence-corrected chi connectivity index (χ4v) is 1.04. The molecule has 94 valence electrons. The SMILES string of the molecule is CC(=O)NC(C(=O)O)[C@@H](O)[C@H](O)[C@H](O)CO. The summed E-state index contributed by atoms with van der Waals surface area (Å²) in [5, 5.41) is 46.7. The normalized spacial score (nSPS) is 18.3. The van der Waals surface area contributed by atoms with E-state index >= 15 is 0 Å². The quantitative estimate of drug-likeness (QED) is 0.283. The van der Waals surface area contributed by atoms with Crippen molar-refractivity contribution in [1.29, 1.82) is 0 Å². The molecule has 0 saturated heterocycles. The molecule has 0 aliphatic carbocycles. The van der Waals surface area contributed by atoms with Gasteiger partial charge in [0.1, 0.15) is 18.3 Å². The highest BCUT2D eigenvalue weighted by Gasteiger charge is 2.35. The van der Waals surface area contributed by atoms with Crippen molar-refractivity contribution in [2.24, 2.45) is 0 Å². The molecule has 0 aromatic carbocycles. The maximum Gasteiger partial charge on any atom is 0.329 e. The van der Waals surface area contributed by atoms with E-state index in [1.54, 1.807) is 0 Å². The number of amides is 1. The third-order valence-electron chi connectivity index (χ3n) is 1.90. The zero-order valence-electron chi connectivity index (χ0n) is 8.57. The van der Waals surface area contributed by atoms with Gasteiger partial charge in [-0.2, -0.15) is 0 Å². The monoisotopic (exact) mass is 237 g/mol.